The van der Waals surface area contributed by atoms with Crippen LogP contribution in [0.2, 0.25) is 0 Å². The maximum Gasteiger partial charge on any atom is 0.314 e. The molecule has 132 valence electrons. The first-order chi connectivity index (χ1) is 11.8. The van der Waals surface area contributed by atoms with Gasteiger partial charge < -0.3 is 20.1 Å². The van der Waals surface area contributed by atoms with Gasteiger partial charge in [-0.1, -0.05) is 11.6 Å². The third-order valence-corrected chi connectivity index (χ3v) is 3.91. The number of hydrogen-bond acceptors (Lipinski definition) is 3. The van der Waals surface area contributed by atoms with E-state index in [9.17, 15) is 4.79 Å². The highest BCUT2D eigenvalue weighted by molar-refractivity contribution is 5.73. The van der Waals surface area contributed by atoms with Crippen LogP contribution in [0.15, 0.2) is 35.9 Å². The van der Waals surface area contributed by atoms with Gasteiger partial charge in [-0.15, -0.1) is 0 Å². The van der Waals surface area contributed by atoms with Crippen molar-refractivity contribution in [1.82, 2.24) is 10.6 Å². The Balaban J connectivity index is 1.53. The van der Waals surface area contributed by atoms with Crippen LogP contribution in [0.5, 0.6) is 11.5 Å². The monoisotopic (exact) mass is 332 g/mol. The molecule has 0 saturated heterocycles. The van der Waals surface area contributed by atoms with Crippen LogP contribution >= 0.6 is 0 Å². The summed E-state index contributed by atoms with van der Waals surface area (Å²) in [4.78, 5) is 11.7. The van der Waals surface area contributed by atoms with Crippen molar-refractivity contribution in [2.24, 2.45) is 0 Å². The van der Waals surface area contributed by atoms with Gasteiger partial charge in [0.15, 0.2) is 0 Å². The normalized spacial score (nSPS) is 13.8. The molecule has 0 heterocycles. The summed E-state index contributed by atoms with van der Waals surface area (Å²) in [6.07, 6.45) is 8.21. The minimum atomic E-state index is -0.137. The minimum Gasteiger partial charge on any atom is -0.494 e. The Hall–Kier alpha value is -2.17. The van der Waals surface area contributed by atoms with Crippen LogP contribution in [0.25, 0.3) is 0 Å². The predicted molar refractivity (Wildman–Crippen MR) is 95.7 cm³/mol. The van der Waals surface area contributed by atoms with Crippen molar-refractivity contribution < 1.29 is 14.3 Å². The highest BCUT2D eigenvalue weighted by atomic mass is 16.5. The Morgan fingerprint density at radius 2 is 1.75 bits per heavy atom. The molecule has 0 atom stereocenters. The molecular weight excluding hydrogens is 304 g/mol. The first-order valence-electron chi connectivity index (χ1n) is 8.83. The van der Waals surface area contributed by atoms with Crippen LogP contribution in [-0.2, 0) is 0 Å². The van der Waals surface area contributed by atoms with E-state index in [2.05, 4.69) is 16.7 Å². The average molecular weight is 332 g/mol. The molecule has 0 fully saturated rings. The fourth-order valence-electron chi connectivity index (χ4n) is 2.66. The Morgan fingerprint density at radius 1 is 1.04 bits per heavy atom. The van der Waals surface area contributed by atoms with E-state index < -0.39 is 0 Å². The van der Waals surface area contributed by atoms with E-state index in [-0.39, 0.29) is 6.03 Å². The van der Waals surface area contributed by atoms with Gasteiger partial charge in [0, 0.05) is 6.54 Å². The van der Waals surface area contributed by atoms with Crippen LogP contribution in [0.3, 0.4) is 0 Å². The molecule has 2 N–H and O–H groups in total. The van der Waals surface area contributed by atoms with Gasteiger partial charge in [0.25, 0.3) is 0 Å². The Labute approximate surface area is 144 Å². The Bertz CT molecular complexity index is 526. The SMILES string of the molecule is CCOc1ccc(OCCNC(=O)NCCC2=CCCCC2)cc1. The number of benzene rings is 1. The zero-order chi connectivity index (χ0) is 17.0. The van der Waals surface area contributed by atoms with E-state index in [1.807, 2.05) is 31.2 Å². The van der Waals surface area contributed by atoms with Crippen LogP contribution in [0.4, 0.5) is 4.79 Å². The topological polar surface area (TPSA) is 59.6 Å². The van der Waals surface area contributed by atoms with Crippen molar-refractivity contribution >= 4 is 6.03 Å². The predicted octanol–water partition coefficient (Wildman–Crippen LogP) is 3.65. The number of rotatable bonds is 9. The lowest BCUT2D eigenvalue weighted by Crippen LogP contribution is -2.38. The van der Waals surface area contributed by atoms with Gasteiger partial charge in [-0.05, 0) is 63.3 Å². The molecule has 2 rings (SSSR count). The molecule has 0 unspecified atom stereocenters. The van der Waals surface area contributed by atoms with E-state index in [0.717, 1.165) is 17.9 Å². The minimum absolute atomic E-state index is 0.137. The lowest BCUT2D eigenvalue weighted by molar-refractivity contribution is 0.236. The molecule has 5 nitrogen and oxygen atoms in total. The molecule has 0 spiro atoms. The van der Waals surface area contributed by atoms with Crippen molar-refractivity contribution in [2.75, 3.05) is 26.3 Å². The molecule has 1 aliphatic carbocycles. The molecule has 24 heavy (non-hydrogen) atoms. The maximum atomic E-state index is 11.7. The summed E-state index contributed by atoms with van der Waals surface area (Å²) in [5.41, 5.74) is 1.47. The second-order valence-corrected chi connectivity index (χ2v) is 5.79. The van der Waals surface area contributed by atoms with Crippen LogP contribution < -0.4 is 20.1 Å². The molecule has 2 amide bonds. The van der Waals surface area contributed by atoms with Gasteiger partial charge in [0.2, 0.25) is 0 Å². The molecule has 1 aliphatic rings. The largest absolute Gasteiger partial charge is 0.494 e. The third kappa shape index (κ3) is 6.94. The molecule has 0 aromatic heterocycles. The fourth-order valence-corrected chi connectivity index (χ4v) is 2.66. The molecule has 0 radical (unpaired) electrons. The molecular formula is C19H28N2O3. The number of allylic oxidation sites excluding steroid dienone is 1. The Kier molecular flexibility index (Phi) is 8.01. The number of amides is 2. The standard InChI is InChI=1S/C19H28N2O3/c1-2-23-17-8-10-18(11-9-17)24-15-14-21-19(22)20-13-12-16-6-4-3-5-7-16/h6,8-11H,2-5,7,12-15H2,1H3,(H2,20,21,22). The Morgan fingerprint density at radius 3 is 2.42 bits per heavy atom. The highest BCUT2D eigenvalue weighted by Crippen LogP contribution is 2.19. The number of urea groups is 1. The molecule has 1 aromatic rings. The summed E-state index contributed by atoms with van der Waals surface area (Å²) in [7, 11) is 0. The highest BCUT2D eigenvalue weighted by Gasteiger charge is 2.04. The lowest BCUT2D eigenvalue weighted by Gasteiger charge is -2.13. The summed E-state index contributed by atoms with van der Waals surface area (Å²) in [6, 6.07) is 7.34. The molecule has 0 aliphatic heterocycles. The van der Waals surface area contributed by atoms with Crippen molar-refractivity contribution in [3.8, 4) is 11.5 Å². The van der Waals surface area contributed by atoms with Gasteiger partial charge in [-0.2, -0.15) is 0 Å². The zero-order valence-corrected chi connectivity index (χ0v) is 14.5. The first kappa shape index (κ1) is 18.2. The van der Waals surface area contributed by atoms with Crippen LogP contribution in [-0.4, -0.2) is 32.3 Å². The van der Waals surface area contributed by atoms with Crippen molar-refractivity contribution in [3.63, 3.8) is 0 Å². The van der Waals surface area contributed by atoms with Gasteiger partial charge in [0.1, 0.15) is 18.1 Å². The second-order valence-electron chi connectivity index (χ2n) is 5.79. The van der Waals surface area contributed by atoms with E-state index in [1.165, 1.54) is 31.3 Å². The maximum absolute atomic E-state index is 11.7. The van der Waals surface area contributed by atoms with E-state index in [0.29, 0.717) is 26.3 Å². The smallest absolute Gasteiger partial charge is 0.314 e. The number of hydrogen-bond donors (Lipinski definition) is 2. The van der Waals surface area contributed by atoms with Crippen molar-refractivity contribution in [3.05, 3.63) is 35.9 Å². The van der Waals surface area contributed by atoms with Crippen LogP contribution in [0, 0.1) is 0 Å². The van der Waals surface area contributed by atoms with Crippen molar-refractivity contribution in [2.45, 2.75) is 39.0 Å². The molecule has 0 saturated carbocycles. The fraction of sp³-hybridized carbons (Fsp3) is 0.526. The number of carbonyl (C=O) groups excluding carboxylic acids is 1. The summed E-state index contributed by atoms with van der Waals surface area (Å²) in [5, 5.41) is 5.69. The number of carbonyl (C=O) groups is 1. The summed E-state index contributed by atoms with van der Waals surface area (Å²) in [5.74, 6) is 1.60. The lowest BCUT2D eigenvalue weighted by atomic mass is 9.97. The third-order valence-electron chi connectivity index (χ3n) is 3.91. The second kappa shape index (κ2) is 10.6. The number of ether oxygens (including phenoxy) is 2. The summed E-state index contributed by atoms with van der Waals surface area (Å²) >= 11 is 0. The summed E-state index contributed by atoms with van der Waals surface area (Å²) in [6.45, 7) is 4.20. The molecule has 1 aromatic carbocycles. The average Bonchev–Trinajstić information content (AvgIpc) is 2.61. The molecule has 5 heteroatoms. The zero-order valence-electron chi connectivity index (χ0n) is 14.5. The molecule has 0 bridgehead atoms. The van der Waals surface area contributed by atoms with Gasteiger partial charge in [-0.25, -0.2) is 4.79 Å². The van der Waals surface area contributed by atoms with Gasteiger partial charge >= 0.3 is 6.03 Å². The van der Waals surface area contributed by atoms with E-state index in [1.54, 1.807) is 0 Å². The van der Waals surface area contributed by atoms with E-state index >= 15 is 0 Å². The summed E-state index contributed by atoms with van der Waals surface area (Å²) < 4.78 is 11.0. The van der Waals surface area contributed by atoms with E-state index in [4.69, 9.17) is 9.47 Å². The van der Waals surface area contributed by atoms with Gasteiger partial charge in [-0.3, -0.25) is 0 Å². The number of nitrogens with one attached hydrogen (secondary N) is 2. The van der Waals surface area contributed by atoms with Gasteiger partial charge in [0.05, 0.1) is 13.2 Å². The quantitative estimate of drug-likeness (QED) is 0.536. The van der Waals surface area contributed by atoms with Crippen molar-refractivity contribution in [1.29, 1.82) is 0 Å². The van der Waals surface area contributed by atoms with Crippen LogP contribution in [0.1, 0.15) is 39.0 Å². The first-order valence-corrected chi connectivity index (χ1v) is 8.83.